The van der Waals surface area contributed by atoms with Gasteiger partial charge >= 0.3 is 24.1 Å². The lowest BCUT2D eigenvalue weighted by molar-refractivity contribution is -0.148. The molecule has 5 unspecified atom stereocenters. The van der Waals surface area contributed by atoms with Gasteiger partial charge in [0.25, 0.3) is 0 Å². The van der Waals surface area contributed by atoms with Crippen LogP contribution in [0.2, 0.25) is 0 Å². The largest absolute Gasteiger partial charge is 0.466 e. The topological polar surface area (TPSA) is 129 Å². The van der Waals surface area contributed by atoms with E-state index in [1.807, 2.05) is 0 Å². The van der Waals surface area contributed by atoms with Crippen molar-refractivity contribution in [2.75, 3.05) is 26.4 Å². The molecule has 2 N–H and O–H groups in total. The number of hydrogen-bond acceptors (Lipinski definition) is 8. The Morgan fingerprint density at radius 2 is 1.27 bits per heavy atom. The monoisotopic (exact) mass is 723 g/mol. The van der Waals surface area contributed by atoms with Crippen molar-refractivity contribution in [2.24, 2.45) is 38.4 Å². The van der Waals surface area contributed by atoms with Gasteiger partial charge in [-0.2, -0.15) is 0 Å². The molecule has 0 radical (unpaired) electrons. The maximum absolute atomic E-state index is 13.0. The zero-order valence-corrected chi connectivity index (χ0v) is 34.6. The fraction of sp³-hybridized carbons (Fsp3) is 0.902. The van der Waals surface area contributed by atoms with Crippen LogP contribution in [0.4, 0.5) is 9.59 Å². The smallest absolute Gasteiger partial charge is 0.407 e. The fourth-order valence-electron chi connectivity index (χ4n) is 8.71. The first kappa shape index (κ1) is 44.6. The van der Waals surface area contributed by atoms with Gasteiger partial charge in [-0.05, 0) is 103 Å². The second-order valence-electron chi connectivity index (χ2n) is 20.8. The average molecular weight is 723 g/mol. The lowest BCUT2D eigenvalue weighted by Gasteiger charge is -2.47. The molecule has 2 saturated carbocycles. The van der Waals surface area contributed by atoms with Crippen LogP contribution in [0.3, 0.4) is 0 Å². The van der Waals surface area contributed by atoms with Crippen LogP contribution in [0, 0.1) is 38.4 Å². The van der Waals surface area contributed by atoms with E-state index in [1.54, 1.807) is 6.92 Å². The molecule has 51 heavy (non-hydrogen) atoms. The number of hydrogen-bond donors (Lipinski definition) is 2. The number of ether oxygens (including phenoxy) is 4. The molecule has 0 saturated heterocycles. The maximum Gasteiger partial charge on any atom is 0.407 e. The normalized spacial score (nSPS) is 26.7. The van der Waals surface area contributed by atoms with E-state index in [0.29, 0.717) is 32.6 Å². The number of rotatable bonds is 15. The van der Waals surface area contributed by atoms with E-state index in [0.717, 1.165) is 51.4 Å². The highest BCUT2D eigenvalue weighted by atomic mass is 16.6. The summed E-state index contributed by atoms with van der Waals surface area (Å²) in [7, 11) is 0. The molecule has 0 aliphatic heterocycles. The zero-order valence-electron chi connectivity index (χ0n) is 34.6. The lowest BCUT2D eigenvalue weighted by Crippen LogP contribution is -2.47. The average Bonchev–Trinajstić information content (AvgIpc) is 2.90. The van der Waals surface area contributed by atoms with Gasteiger partial charge in [-0.15, -0.1) is 0 Å². The Hall–Kier alpha value is -2.52. The fourth-order valence-corrected chi connectivity index (χ4v) is 8.71. The minimum atomic E-state index is -0.610. The SMILES string of the molecule is CC(COC(=O)CC1CC(C)(C)CC(C)(CNC(=O)OCCC(C)(C)C)C1)OC(=O)NC1CC(C)(C)CC(C)(CCC(=O)OCCC(C)(C)C)C1. The van der Waals surface area contributed by atoms with Crippen LogP contribution >= 0.6 is 0 Å². The van der Waals surface area contributed by atoms with Crippen molar-refractivity contribution in [1.82, 2.24) is 10.6 Å². The Bertz CT molecular complexity index is 1170. The molecule has 296 valence electrons. The zero-order chi connectivity index (χ0) is 38.9. The van der Waals surface area contributed by atoms with Crippen LogP contribution in [0.15, 0.2) is 0 Å². The quantitative estimate of drug-likeness (QED) is 0.126. The summed E-state index contributed by atoms with van der Waals surface area (Å²) >= 11 is 0. The van der Waals surface area contributed by atoms with Gasteiger partial charge in [-0.25, -0.2) is 9.59 Å². The molecule has 0 aromatic rings. The van der Waals surface area contributed by atoms with Crippen molar-refractivity contribution in [3.63, 3.8) is 0 Å². The third-order valence-corrected chi connectivity index (χ3v) is 10.3. The van der Waals surface area contributed by atoms with E-state index in [-0.39, 0.29) is 69.4 Å². The first-order valence-electron chi connectivity index (χ1n) is 19.4. The van der Waals surface area contributed by atoms with Crippen LogP contribution in [0.1, 0.15) is 161 Å². The van der Waals surface area contributed by atoms with Gasteiger partial charge in [0.05, 0.1) is 13.2 Å². The van der Waals surface area contributed by atoms with Gasteiger partial charge in [-0.3, -0.25) is 9.59 Å². The van der Waals surface area contributed by atoms with Gasteiger partial charge < -0.3 is 29.6 Å². The highest BCUT2D eigenvalue weighted by Crippen LogP contribution is 2.50. The van der Waals surface area contributed by atoms with Crippen molar-refractivity contribution in [3.05, 3.63) is 0 Å². The van der Waals surface area contributed by atoms with E-state index in [4.69, 9.17) is 18.9 Å². The molecule has 2 rings (SSSR count). The number of esters is 2. The van der Waals surface area contributed by atoms with E-state index < -0.39 is 18.3 Å². The van der Waals surface area contributed by atoms with Crippen molar-refractivity contribution in [3.8, 4) is 0 Å². The van der Waals surface area contributed by atoms with E-state index in [9.17, 15) is 19.2 Å². The molecule has 2 amide bonds. The van der Waals surface area contributed by atoms with Gasteiger partial charge in [0.15, 0.2) is 0 Å². The first-order chi connectivity index (χ1) is 23.2. The Morgan fingerprint density at radius 3 is 1.88 bits per heavy atom. The Kier molecular flexibility index (Phi) is 15.8. The number of alkyl carbamates (subject to hydrolysis) is 2. The second-order valence-corrected chi connectivity index (χ2v) is 20.8. The summed E-state index contributed by atoms with van der Waals surface area (Å²) in [4.78, 5) is 50.7. The van der Waals surface area contributed by atoms with Crippen LogP contribution in [-0.2, 0) is 28.5 Å². The highest BCUT2D eigenvalue weighted by Gasteiger charge is 2.43. The van der Waals surface area contributed by atoms with Gasteiger partial charge in [0.1, 0.15) is 12.7 Å². The Morgan fingerprint density at radius 1 is 0.706 bits per heavy atom. The molecule has 0 spiro atoms. The van der Waals surface area contributed by atoms with E-state index in [2.05, 4.69) is 93.7 Å². The molecule has 2 aliphatic rings. The molecule has 0 heterocycles. The summed E-state index contributed by atoms with van der Waals surface area (Å²) in [6.45, 7) is 28.9. The molecular weight excluding hydrogens is 648 g/mol. The Labute approximate surface area is 310 Å². The maximum atomic E-state index is 13.0. The number of carbonyl (C=O) groups is 4. The first-order valence-corrected chi connectivity index (χ1v) is 19.4. The second kappa shape index (κ2) is 18.0. The molecule has 0 bridgehead atoms. The summed E-state index contributed by atoms with van der Waals surface area (Å²) in [5, 5.41) is 6.01. The number of nitrogens with one attached hydrogen (secondary N) is 2. The van der Waals surface area contributed by atoms with E-state index in [1.165, 1.54) is 0 Å². The summed E-state index contributed by atoms with van der Waals surface area (Å²) in [5.41, 5.74) is -0.103. The Balaban J connectivity index is 1.80. The molecule has 10 heteroatoms. The molecule has 2 fully saturated rings. The lowest BCUT2D eigenvalue weighted by atomic mass is 9.60. The predicted octanol–water partition coefficient (Wildman–Crippen LogP) is 9.37. The van der Waals surface area contributed by atoms with Crippen molar-refractivity contribution < 1.29 is 38.1 Å². The molecular formula is C41H74N2O8. The van der Waals surface area contributed by atoms with Gasteiger partial charge in [0.2, 0.25) is 0 Å². The number of carbonyl (C=O) groups excluding carboxylic acids is 4. The predicted molar refractivity (Wildman–Crippen MR) is 201 cm³/mol. The standard InChI is InChI=1S/C41H74N2O8/c1-29(51-35(47)43-31-23-39(10,11)26-40(12,24-31)15-14-32(44)48-18-16-36(2,3)4)25-50-33(45)20-30-21-38(8,9)27-41(13,22-30)28-42-34(46)49-19-17-37(5,6)7/h29-31H,14-28H2,1-13H3,(H,42,46)(H,43,47). The molecule has 2 aliphatic carbocycles. The summed E-state index contributed by atoms with van der Waals surface area (Å²) in [6, 6.07) is -0.0956. The highest BCUT2D eigenvalue weighted by molar-refractivity contribution is 5.70. The summed E-state index contributed by atoms with van der Waals surface area (Å²) in [6.07, 6.45) is 6.51. The summed E-state index contributed by atoms with van der Waals surface area (Å²) in [5.74, 6) is -0.371. The van der Waals surface area contributed by atoms with Crippen molar-refractivity contribution >= 4 is 24.1 Å². The third-order valence-electron chi connectivity index (χ3n) is 10.3. The van der Waals surface area contributed by atoms with Gasteiger partial charge in [0, 0.05) is 25.4 Å². The van der Waals surface area contributed by atoms with Crippen molar-refractivity contribution in [1.29, 1.82) is 0 Å². The van der Waals surface area contributed by atoms with Crippen molar-refractivity contribution in [2.45, 2.75) is 173 Å². The van der Waals surface area contributed by atoms with Crippen LogP contribution in [0.25, 0.3) is 0 Å². The summed E-state index contributed by atoms with van der Waals surface area (Å²) < 4.78 is 22.1. The van der Waals surface area contributed by atoms with Crippen LogP contribution < -0.4 is 10.6 Å². The number of amides is 2. The molecule has 0 aromatic carbocycles. The minimum Gasteiger partial charge on any atom is -0.466 e. The molecule has 10 nitrogen and oxygen atoms in total. The van der Waals surface area contributed by atoms with E-state index >= 15 is 0 Å². The van der Waals surface area contributed by atoms with Crippen LogP contribution in [-0.4, -0.2) is 62.6 Å². The third kappa shape index (κ3) is 18.7. The minimum absolute atomic E-state index is 0.00338. The van der Waals surface area contributed by atoms with Gasteiger partial charge in [-0.1, -0.05) is 83.1 Å². The van der Waals surface area contributed by atoms with Crippen LogP contribution in [0.5, 0.6) is 0 Å². The molecule has 5 atom stereocenters. The molecule has 0 aromatic heterocycles.